The topological polar surface area (TPSA) is 85.2 Å². The molecule has 132 valence electrons. The van der Waals surface area contributed by atoms with E-state index in [9.17, 15) is 14.3 Å². The zero-order valence-corrected chi connectivity index (χ0v) is 13.9. The summed E-state index contributed by atoms with van der Waals surface area (Å²) in [6.45, 7) is 1.34. The maximum Gasteiger partial charge on any atom is 0.356 e. The molecule has 4 fully saturated rings. The van der Waals surface area contributed by atoms with E-state index < -0.39 is 11.0 Å². The fraction of sp³-hybridized carbons (Fsp3) is 0.933. The first-order valence-corrected chi connectivity index (χ1v) is 8.69. The van der Waals surface area contributed by atoms with Crippen LogP contribution in [0, 0.1) is 22.7 Å². The van der Waals surface area contributed by atoms with Gasteiger partial charge in [0.2, 0.25) is 0 Å². The highest BCUT2D eigenvalue weighted by Crippen LogP contribution is 2.65. The number of ether oxygens (including phenoxy) is 1. The maximum atomic E-state index is 14.1. The van der Waals surface area contributed by atoms with Crippen LogP contribution in [0.15, 0.2) is 0 Å². The normalized spacial score (nSPS) is 40.9. The van der Waals surface area contributed by atoms with Gasteiger partial charge in [-0.3, -0.25) is 0 Å². The molecule has 0 heterocycles. The van der Waals surface area contributed by atoms with E-state index in [0.717, 1.165) is 39.0 Å². The molecule has 0 spiro atoms. The quantitative estimate of drug-likeness (QED) is 0.316. The Morgan fingerprint density at radius 3 is 2.48 bits per heavy atom. The van der Waals surface area contributed by atoms with Crippen LogP contribution in [0.3, 0.4) is 0 Å². The first-order chi connectivity index (χ1) is 10.8. The lowest BCUT2D eigenvalue weighted by atomic mass is 9.44. The molecule has 3 atom stereocenters. The Labute approximate surface area is 138 Å². The van der Waals surface area contributed by atoms with Crippen molar-refractivity contribution in [1.82, 2.24) is 0 Å². The van der Waals surface area contributed by atoms with Gasteiger partial charge in [-0.1, -0.05) is 5.04 Å². The molecule has 0 aromatic carbocycles. The second kappa shape index (κ2) is 6.15. The van der Waals surface area contributed by atoms with Gasteiger partial charge in [0.15, 0.2) is 0 Å². The van der Waals surface area contributed by atoms with Crippen LogP contribution >= 0.6 is 12.0 Å². The summed E-state index contributed by atoms with van der Waals surface area (Å²) < 4.78 is 23.4. The van der Waals surface area contributed by atoms with Crippen LogP contribution in [-0.4, -0.2) is 34.5 Å². The molecule has 6 nitrogen and oxygen atoms in total. The van der Waals surface area contributed by atoms with Crippen molar-refractivity contribution in [2.75, 3.05) is 13.2 Å². The minimum Gasteiger partial charge on any atom is -0.462 e. The molecular weight excluding hydrogens is 327 g/mol. The third kappa shape index (κ3) is 3.37. The van der Waals surface area contributed by atoms with Gasteiger partial charge in [0, 0.05) is 12.0 Å². The molecule has 0 radical (unpaired) electrons. The van der Waals surface area contributed by atoms with Gasteiger partial charge in [0.05, 0.1) is 18.6 Å². The van der Waals surface area contributed by atoms with E-state index in [-0.39, 0.29) is 36.1 Å². The molecule has 3 unspecified atom stereocenters. The van der Waals surface area contributed by atoms with E-state index in [1.807, 2.05) is 0 Å². The first kappa shape index (κ1) is 17.4. The largest absolute Gasteiger partial charge is 0.462 e. The highest BCUT2D eigenvalue weighted by Gasteiger charge is 2.58. The summed E-state index contributed by atoms with van der Waals surface area (Å²) in [5.41, 5.74) is -0.185. The monoisotopic (exact) mass is 350 g/mol. The molecule has 2 N–H and O–H groups in total. The number of halogens is 1. The summed E-state index contributed by atoms with van der Waals surface area (Å²) in [6, 6.07) is 0. The van der Waals surface area contributed by atoms with Crippen LogP contribution in [0.5, 0.6) is 0 Å². The molecule has 4 saturated carbocycles. The van der Waals surface area contributed by atoms with Gasteiger partial charge in [-0.25, -0.2) is 14.4 Å². The van der Waals surface area contributed by atoms with Crippen molar-refractivity contribution >= 4 is 18.0 Å². The lowest BCUT2D eigenvalue weighted by Crippen LogP contribution is -2.55. The predicted molar refractivity (Wildman–Crippen MR) is 79.5 cm³/mol. The fourth-order valence-corrected chi connectivity index (χ4v) is 5.75. The molecular formula is C15H23FO6S. The average Bonchev–Trinajstić information content (AvgIpc) is 2.49. The number of carbonyl (C=O) groups excluding carboxylic acids is 1. The highest BCUT2D eigenvalue weighted by atomic mass is 32.2. The third-order valence-corrected chi connectivity index (χ3v) is 6.34. The van der Waals surface area contributed by atoms with E-state index in [1.165, 1.54) is 6.42 Å². The zero-order valence-electron chi connectivity index (χ0n) is 13.1. The number of hydrogen-bond acceptors (Lipinski definition) is 7. The molecule has 4 rings (SSSR count). The van der Waals surface area contributed by atoms with Crippen molar-refractivity contribution < 1.29 is 33.7 Å². The zero-order chi connectivity index (χ0) is 16.7. The van der Waals surface area contributed by atoms with Crippen LogP contribution in [0.25, 0.3) is 0 Å². The van der Waals surface area contributed by atoms with Crippen molar-refractivity contribution in [2.45, 2.75) is 50.4 Å². The van der Waals surface area contributed by atoms with Gasteiger partial charge < -0.3 is 9.84 Å². The minimum absolute atomic E-state index is 0.0436. The van der Waals surface area contributed by atoms with Crippen LogP contribution < -0.4 is 0 Å². The fourth-order valence-electron chi connectivity index (χ4n) is 5.46. The summed E-state index contributed by atoms with van der Waals surface area (Å²) in [6.07, 6.45) is 6.08. The van der Waals surface area contributed by atoms with Crippen LogP contribution in [0.4, 0.5) is 4.39 Å². The van der Waals surface area contributed by atoms with E-state index in [4.69, 9.17) is 9.99 Å². The summed E-state index contributed by atoms with van der Waals surface area (Å²) in [4.78, 5) is 11.9. The molecule has 4 bridgehead atoms. The molecule has 0 saturated heterocycles. The predicted octanol–water partition coefficient (Wildman–Crippen LogP) is 2.86. The van der Waals surface area contributed by atoms with E-state index >= 15 is 0 Å². The van der Waals surface area contributed by atoms with Crippen molar-refractivity contribution in [2.24, 2.45) is 22.7 Å². The summed E-state index contributed by atoms with van der Waals surface area (Å²) in [7, 11) is 0. The summed E-state index contributed by atoms with van der Waals surface area (Å²) in [5.74, 6) is 0.0899. The Morgan fingerprint density at radius 2 is 1.91 bits per heavy atom. The Kier molecular flexibility index (Phi) is 4.65. The van der Waals surface area contributed by atoms with Crippen molar-refractivity contribution in [3.05, 3.63) is 0 Å². The Balaban J connectivity index is 1.63. The average molecular weight is 350 g/mol. The molecule has 4 aliphatic carbocycles. The lowest BCUT2D eigenvalue weighted by Gasteiger charge is -2.61. The van der Waals surface area contributed by atoms with Crippen LogP contribution in [-0.2, 0) is 18.9 Å². The summed E-state index contributed by atoms with van der Waals surface area (Å²) in [5, 5.41) is 18.8. The first-order valence-electron chi connectivity index (χ1n) is 7.95. The van der Waals surface area contributed by atoms with E-state index in [1.54, 1.807) is 0 Å². The Hall–Kier alpha value is -0.410. The number of rotatable bonds is 7. The van der Waals surface area contributed by atoms with Crippen molar-refractivity contribution in [1.29, 1.82) is 0 Å². The number of hydrogen-bond donors (Lipinski definition) is 2. The van der Waals surface area contributed by atoms with Gasteiger partial charge in [-0.05, 0) is 62.7 Å². The number of alkyl halides is 1. The number of aliphatic hydroxyl groups is 1. The van der Waals surface area contributed by atoms with Gasteiger partial charge in [0.25, 0.3) is 5.00 Å². The van der Waals surface area contributed by atoms with Crippen molar-refractivity contribution in [3.63, 3.8) is 0 Å². The lowest BCUT2D eigenvalue weighted by molar-refractivity contribution is -0.432. The van der Waals surface area contributed by atoms with E-state index in [2.05, 4.69) is 9.37 Å². The van der Waals surface area contributed by atoms with Crippen molar-refractivity contribution in [3.8, 4) is 0 Å². The number of carbonyl (C=O) groups is 1. The molecule has 23 heavy (non-hydrogen) atoms. The number of esters is 1. The Bertz CT molecular complexity index is 457. The second-order valence-electron chi connectivity index (χ2n) is 7.84. The molecule has 8 heteroatoms. The highest BCUT2D eigenvalue weighted by molar-refractivity contribution is 7.96. The molecule has 4 aliphatic rings. The smallest absolute Gasteiger partial charge is 0.356 e. The third-order valence-electron chi connectivity index (χ3n) is 5.73. The SMILES string of the molecule is CC(F)(SOOO)C(=O)OCC12CC3CC(CC(CO)(C3)C1)C2. The van der Waals surface area contributed by atoms with Crippen LogP contribution in [0.1, 0.15) is 45.4 Å². The number of aliphatic hydroxyl groups excluding tert-OH is 1. The second-order valence-corrected chi connectivity index (χ2v) is 8.91. The van der Waals surface area contributed by atoms with E-state index in [0.29, 0.717) is 11.8 Å². The standard InChI is InChI=1S/C15H23FO6S/c1-13(16,23-22-21-19)12(18)20-9-15-5-10-2-11(6-15)4-14(3-10,7-15)8-17/h10-11,17,19H,2-9H2,1H3. The molecule has 0 aromatic rings. The minimum atomic E-state index is -2.46. The molecule has 0 amide bonds. The molecule has 0 aliphatic heterocycles. The van der Waals surface area contributed by atoms with Gasteiger partial charge in [0.1, 0.15) is 0 Å². The molecule has 0 aromatic heterocycles. The van der Waals surface area contributed by atoms with Crippen LogP contribution in [0.2, 0.25) is 0 Å². The van der Waals surface area contributed by atoms with Gasteiger partial charge in [-0.15, -0.1) is 4.33 Å². The van der Waals surface area contributed by atoms with Gasteiger partial charge >= 0.3 is 5.97 Å². The summed E-state index contributed by atoms with van der Waals surface area (Å²) >= 11 is 0.0541. The maximum absolute atomic E-state index is 14.1. The van der Waals surface area contributed by atoms with Gasteiger partial charge in [-0.2, -0.15) is 0 Å². The Morgan fingerprint density at radius 1 is 1.30 bits per heavy atom.